The Labute approximate surface area is 121 Å². The fourth-order valence-electron chi connectivity index (χ4n) is 2.34. The van der Waals surface area contributed by atoms with Crippen LogP contribution in [0.1, 0.15) is 18.7 Å². The lowest BCUT2D eigenvalue weighted by molar-refractivity contribution is 0.709. The Balaban J connectivity index is 2.45. The summed E-state index contributed by atoms with van der Waals surface area (Å²) >= 11 is 6.09. The molecule has 1 aromatic carbocycles. The number of hydrogen-bond acceptors (Lipinski definition) is 2. The van der Waals surface area contributed by atoms with Gasteiger partial charge >= 0.3 is 5.69 Å². The molecule has 0 aliphatic carbocycles. The lowest BCUT2D eigenvalue weighted by atomic mass is 10.2. The molecule has 5 heteroatoms. The van der Waals surface area contributed by atoms with Gasteiger partial charge in [0.15, 0.2) is 0 Å². The van der Waals surface area contributed by atoms with Crippen LogP contribution in [-0.4, -0.2) is 8.97 Å². The molecule has 20 heavy (non-hydrogen) atoms. The fraction of sp³-hybridized carbons (Fsp3) is 0.133. The average Bonchev–Trinajstić information content (AvgIpc) is 2.81. The maximum atomic E-state index is 12.7. The van der Waals surface area contributed by atoms with Gasteiger partial charge in [-0.15, -0.1) is 0 Å². The van der Waals surface area contributed by atoms with Crippen molar-refractivity contribution in [1.82, 2.24) is 8.97 Å². The number of fused-ring (bicyclic) bond motifs is 1. The third kappa shape index (κ3) is 1.94. The number of rotatable bonds is 2. The van der Waals surface area contributed by atoms with Gasteiger partial charge in [-0.3, -0.25) is 8.97 Å². The van der Waals surface area contributed by atoms with Crippen molar-refractivity contribution in [2.45, 2.75) is 13.0 Å². The first kappa shape index (κ1) is 13.0. The molecule has 3 aromatic rings. The molecule has 2 aromatic heterocycles. The molecular weight excluding hydrogens is 274 g/mol. The van der Waals surface area contributed by atoms with Crippen LogP contribution < -0.4 is 11.4 Å². The van der Waals surface area contributed by atoms with Crippen LogP contribution in [0.2, 0.25) is 5.15 Å². The Kier molecular flexibility index (Phi) is 3.12. The van der Waals surface area contributed by atoms with E-state index in [-0.39, 0.29) is 11.7 Å². The van der Waals surface area contributed by atoms with Crippen LogP contribution in [-0.2, 0) is 0 Å². The summed E-state index contributed by atoms with van der Waals surface area (Å²) in [7, 11) is 0. The maximum absolute atomic E-state index is 12.7. The van der Waals surface area contributed by atoms with Crippen molar-refractivity contribution < 1.29 is 0 Å². The lowest BCUT2D eigenvalue weighted by Gasteiger charge is -2.16. The zero-order chi connectivity index (χ0) is 14.3. The van der Waals surface area contributed by atoms with Crippen LogP contribution >= 0.6 is 11.6 Å². The zero-order valence-corrected chi connectivity index (χ0v) is 11.7. The highest BCUT2D eigenvalue weighted by Crippen LogP contribution is 2.19. The number of halogens is 1. The van der Waals surface area contributed by atoms with Gasteiger partial charge < -0.3 is 5.73 Å². The number of benzene rings is 1. The topological polar surface area (TPSA) is 52.4 Å². The highest BCUT2D eigenvalue weighted by molar-refractivity contribution is 6.30. The van der Waals surface area contributed by atoms with E-state index in [1.54, 1.807) is 10.6 Å². The minimum Gasteiger partial charge on any atom is -0.323 e. The van der Waals surface area contributed by atoms with Gasteiger partial charge in [0.05, 0.1) is 11.2 Å². The second kappa shape index (κ2) is 4.81. The van der Waals surface area contributed by atoms with E-state index < -0.39 is 0 Å². The molecule has 0 radical (unpaired) electrons. The standard InChI is InChI=1S/C15H14ClN3O/c1-10(17)13-9-12-7-8-14(16)19(12)15(20)18(13)11-5-3-2-4-6-11/h2-10H,17H2,1H3. The molecule has 0 aliphatic heterocycles. The van der Waals surface area contributed by atoms with Crippen LogP contribution in [0.4, 0.5) is 0 Å². The first-order valence-electron chi connectivity index (χ1n) is 6.33. The van der Waals surface area contributed by atoms with Gasteiger partial charge in [-0.25, -0.2) is 4.79 Å². The predicted molar refractivity (Wildman–Crippen MR) is 80.6 cm³/mol. The van der Waals surface area contributed by atoms with E-state index in [1.807, 2.05) is 49.4 Å². The Morgan fingerprint density at radius 3 is 2.50 bits per heavy atom. The molecule has 0 saturated heterocycles. The Bertz CT molecular complexity index is 818. The first-order chi connectivity index (χ1) is 9.59. The second-order valence-corrected chi connectivity index (χ2v) is 5.11. The number of para-hydroxylation sites is 1. The van der Waals surface area contributed by atoms with Gasteiger partial charge in [-0.1, -0.05) is 29.8 Å². The molecular formula is C15H14ClN3O. The first-order valence-corrected chi connectivity index (χ1v) is 6.71. The van der Waals surface area contributed by atoms with Crippen molar-refractivity contribution in [3.63, 3.8) is 0 Å². The highest BCUT2D eigenvalue weighted by atomic mass is 35.5. The van der Waals surface area contributed by atoms with Crippen LogP contribution in [0.15, 0.2) is 53.3 Å². The molecule has 2 N–H and O–H groups in total. The quantitative estimate of drug-likeness (QED) is 0.788. The van der Waals surface area contributed by atoms with E-state index in [1.165, 1.54) is 4.40 Å². The number of nitrogens with zero attached hydrogens (tertiary/aromatic N) is 2. The van der Waals surface area contributed by atoms with Gasteiger partial charge in [-0.2, -0.15) is 0 Å². The maximum Gasteiger partial charge on any atom is 0.338 e. The second-order valence-electron chi connectivity index (χ2n) is 4.73. The summed E-state index contributed by atoms with van der Waals surface area (Å²) in [5, 5.41) is 0.394. The summed E-state index contributed by atoms with van der Waals surface area (Å²) in [4.78, 5) is 12.7. The molecule has 0 aliphatic rings. The van der Waals surface area contributed by atoms with E-state index in [0.29, 0.717) is 5.15 Å². The van der Waals surface area contributed by atoms with Crippen molar-refractivity contribution in [1.29, 1.82) is 0 Å². The number of hydrogen-bond donors (Lipinski definition) is 1. The molecule has 0 fully saturated rings. The molecule has 0 spiro atoms. The summed E-state index contributed by atoms with van der Waals surface area (Å²) in [5.74, 6) is 0. The van der Waals surface area contributed by atoms with Crippen LogP contribution in [0, 0.1) is 0 Å². The van der Waals surface area contributed by atoms with Crippen molar-refractivity contribution >= 4 is 17.1 Å². The third-order valence-electron chi connectivity index (χ3n) is 3.28. The molecule has 0 amide bonds. The third-order valence-corrected chi connectivity index (χ3v) is 3.58. The Hall–Kier alpha value is -2.04. The number of nitrogens with two attached hydrogens (primary N) is 1. The van der Waals surface area contributed by atoms with Gasteiger partial charge in [0.25, 0.3) is 0 Å². The summed E-state index contributed by atoms with van der Waals surface area (Å²) < 4.78 is 3.07. The van der Waals surface area contributed by atoms with E-state index >= 15 is 0 Å². The summed E-state index contributed by atoms with van der Waals surface area (Å²) in [6, 6.07) is 14.6. The molecule has 0 bridgehead atoms. The summed E-state index contributed by atoms with van der Waals surface area (Å²) in [6.07, 6.45) is 0. The van der Waals surface area contributed by atoms with Crippen LogP contribution in [0.25, 0.3) is 11.2 Å². The fourth-order valence-corrected chi connectivity index (χ4v) is 2.57. The smallest absolute Gasteiger partial charge is 0.323 e. The Morgan fingerprint density at radius 1 is 1.15 bits per heavy atom. The monoisotopic (exact) mass is 287 g/mol. The van der Waals surface area contributed by atoms with Gasteiger partial charge in [0.2, 0.25) is 0 Å². The molecule has 2 heterocycles. The minimum absolute atomic E-state index is 0.212. The van der Waals surface area contributed by atoms with Crippen molar-refractivity contribution in [3.8, 4) is 5.69 Å². The average molecular weight is 288 g/mol. The Morgan fingerprint density at radius 2 is 1.85 bits per heavy atom. The van der Waals surface area contributed by atoms with E-state index in [2.05, 4.69) is 0 Å². The molecule has 1 atom stereocenters. The molecule has 102 valence electrons. The lowest BCUT2D eigenvalue weighted by Crippen LogP contribution is -2.30. The molecule has 4 nitrogen and oxygen atoms in total. The van der Waals surface area contributed by atoms with Gasteiger partial charge in [-0.05, 0) is 37.3 Å². The van der Waals surface area contributed by atoms with Crippen molar-refractivity contribution in [2.24, 2.45) is 5.73 Å². The van der Waals surface area contributed by atoms with E-state index in [4.69, 9.17) is 17.3 Å². The van der Waals surface area contributed by atoms with Crippen molar-refractivity contribution in [3.05, 3.63) is 69.9 Å². The number of aromatic nitrogens is 2. The van der Waals surface area contributed by atoms with Gasteiger partial charge in [0, 0.05) is 11.7 Å². The van der Waals surface area contributed by atoms with Crippen LogP contribution in [0.5, 0.6) is 0 Å². The van der Waals surface area contributed by atoms with E-state index in [0.717, 1.165) is 16.9 Å². The summed E-state index contributed by atoms with van der Waals surface area (Å²) in [5.41, 5.74) is 8.08. The predicted octanol–water partition coefficient (Wildman–Crippen LogP) is 2.76. The largest absolute Gasteiger partial charge is 0.338 e. The molecule has 1 unspecified atom stereocenters. The highest BCUT2D eigenvalue weighted by Gasteiger charge is 2.15. The molecule has 3 rings (SSSR count). The van der Waals surface area contributed by atoms with Crippen LogP contribution in [0.3, 0.4) is 0 Å². The molecule has 0 saturated carbocycles. The van der Waals surface area contributed by atoms with Gasteiger partial charge in [0.1, 0.15) is 5.15 Å². The van der Waals surface area contributed by atoms with E-state index in [9.17, 15) is 4.79 Å². The summed E-state index contributed by atoms with van der Waals surface area (Å²) in [6.45, 7) is 1.86. The van der Waals surface area contributed by atoms with Crippen molar-refractivity contribution in [2.75, 3.05) is 0 Å². The normalized spacial score (nSPS) is 12.8. The minimum atomic E-state index is -0.262. The SMILES string of the molecule is CC(N)c1cc2ccc(Cl)n2c(=O)n1-c1ccccc1. The zero-order valence-electron chi connectivity index (χ0n) is 11.0.